The van der Waals surface area contributed by atoms with Gasteiger partial charge in [-0.3, -0.25) is 5.10 Å². The van der Waals surface area contributed by atoms with E-state index in [1.807, 2.05) is 0 Å². The van der Waals surface area contributed by atoms with E-state index in [0.717, 1.165) is 0 Å². The van der Waals surface area contributed by atoms with Crippen LogP contribution in [0, 0.1) is 20.8 Å². The Morgan fingerprint density at radius 3 is 2.53 bits per heavy atom. The number of hydrogen-bond acceptors (Lipinski definition) is 5. The van der Waals surface area contributed by atoms with Crippen molar-refractivity contribution in [2.45, 2.75) is 25.7 Å². The van der Waals surface area contributed by atoms with Crippen LogP contribution in [0.3, 0.4) is 0 Å². The smallest absolute Gasteiger partial charge is 0.267 e. The van der Waals surface area contributed by atoms with Gasteiger partial charge in [-0.25, -0.2) is 13.1 Å². The van der Waals surface area contributed by atoms with Crippen LogP contribution in [0.15, 0.2) is 15.6 Å². The molecule has 0 aliphatic rings. The van der Waals surface area contributed by atoms with Crippen molar-refractivity contribution in [2.75, 3.05) is 4.72 Å². The van der Waals surface area contributed by atoms with Crippen molar-refractivity contribution in [2.24, 2.45) is 0 Å². The van der Waals surface area contributed by atoms with Gasteiger partial charge in [0.05, 0.1) is 17.6 Å². The summed E-state index contributed by atoms with van der Waals surface area (Å²) in [6, 6.07) is 0. The lowest BCUT2D eigenvalue weighted by Crippen LogP contribution is -2.13. The van der Waals surface area contributed by atoms with Gasteiger partial charge in [0.2, 0.25) is 5.88 Å². The van der Waals surface area contributed by atoms with Gasteiger partial charge in [0.1, 0.15) is 4.90 Å². The lowest BCUT2D eigenvalue weighted by atomic mass is 10.3. The molecule has 0 aromatic carbocycles. The molecular weight excluding hydrogens is 244 g/mol. The van der Waals surface area contributed by atoms with Crippen molar-refractivity contribution in [3.63, 3.8) is 0 Å². The maximum atomic E-state index is 12.0. The van der Waals surface area contributed by atoms with E-state index >= 15 is 0 Å². The van der Waals surface area contributed by atoms with E-state index < -0.39 is 10.0 Å². The van der Waals surface area contributed by atoms with Crippen LogP contribution >= 0.6 is 0 Å². The van der Waals surface area contributed by atoms with Crippen LogP contribution in [0.5, 0.6) is 0 Å². The van der Waals surface area contributed by atoms with Crippen molar-refractivity contribution >= 4 is 15.9 Å². The number of anilines is 1. The number of sulfonamides is 1. The average Bonchev–Trinajstić information content (AvgIpc) is 2.80. The lowest BCUT2D eigenvalue weighted by Gasteiger charge is -2.03. The third kappa shape index (κ3) is 2.03. The summed E-state index contributed by atoms with van der Waals surface area (Å²) in [5, 5.41) is 9.91. The van der Waals surface area contributed by atoms with E-state index in [2.05, 4.69) is 20.1 Å². The fraction of sp³-hybridized carbons (Fsp3) is 0.333. The highest BCUT2D eigenvalue weighted by Crippen LogP contribution is 2.22. The van der Waals surface area contributed by atoms with Gasteiger partial charge in [-0.1, -0.05) is 5.16 Å². The standard InChI is InChI=1S/C9H12N4O3S/c1-5-6(2)12-16-9(5)13-17(14,15)8-4-10-11-7(8)3/h4,13H,1-3H3,(H,10,11). The van der Waals surface area contributed by atoms with Crippen LogP contribution < -0.4 is 4.72 Å². The number of H-pyrrole nitrogens is 1. The molecule has 92 valence electrons. The van der Waals surface area contributed by atoms with Crippen LogP contribution in [0.2, 0.25) is 0 Å². The van der Waals surface area contributed by atoms with Crippen LogP contribution in [-0.2, 0) is 10.0 Å². The zero-order valence-electron chi connectivity index (χ0n) is 9.60. The Bertz CT molecular complexity index is 641. The first-order valence-electron chi connectivity index (χ1n) is 4.87. The van der Waals surface area contributed by atoms with Crippen molar-refractivity contribution in [3.8, 4) is 0 Å². The zero-order valence-corrected chi connectivity index (χ0v) is 10.4. The summed E-state index contributed by atoms with van der Waals surface area (Å²) in [5.41, 5.74) is 1.77. The van der Waals surface area contributed by atoms with Crippen LogP contribution in [-0.4, -0.2) is 23.8 Å². The second-order valence-electron chi connectivity index (χ2n) is 3.69. The molecule has 17 heavy (non-hydrogen) atoms. The van der Waals surface area contributed by atoms with Gasteiger partial charge in [-0.15, -0.1) is 0 Å². The SMILES string of the molecule is Cc1noc(NS(=O)(=O)c2cn[nH]c2C)c1C. The van der Waals surface area contributed by atoms with Gasteiger partial charge in [0.25, 0.3) is 10.0 Å². The minimum absolute atomic E-state index is 0.0888. The molecule has 2 N–H and O–H groups in total. The third-order valence-corrected chi connectivity index (χ3v) is 3.90. The Labute approximate surface area is 98.3 Å². The number of aromatic nitrogens is 3. The monoisotopic (exact) mass is 256 g/mol. The van der Waals surface area contributed by atoms with Crippen LogP contribution in [0.25, 0.3) is 0 Å². The molecule has 0 spiro atoms. The summed E-state index contributed by atoms with van der Waals surface area (Å²) in [6.45, 7) is 5.09. The summed E-state index contributed by atoms with van der Waals surface area (Å²) in [5.74, 6) is 0.128. The Balaban J connectivity index is 2.37. The molecule has 0 aliphatic heterocycles. The maximum Gasteiger partial charge on any atom is 0.267 e. The van der Waals surface area contributed by atoms with Crippen molar-refractivity contribution in [3.05, 3.63) is 23.1 Å². The highest BCUT2D eigenvalue weighted by molar-refractivity contribution is 7.92. The Morgan fingerprint density at radius 2 is 2.06 bits per heavy atom. The Hall–Kier alpha value is -1.83. The molecule has 2 rings (SSSR count). The molecule has 0 unspecified atom stereocenters. The molecule has 2 aromatic heterocycles. The number of hydrogen-bond donors (Lipinski definition) is 2. The van der Waals surface area contributed by atoms with E-state index in [1.54, 1.807) is 20.8 Å². The summed E-state index contributed by atoms with van der Waals surface area (Å²) in [4.78, 5) is 0.0888. The van der Waals surface area contributed by atoms with Gasteiger partial charge in [-0.05, 0) is 20.8 Å². The number of rotatable bonds is 3. The van der Waals surface area contributed by atoms with Gasteiger partial charge in [-0.2, -0.15) is 5.10 Å². The molecule has 2 heterocycles. The largest absolute Gasteiger partial charge is 0.337 e. The molecule has 2 aromatic rings. The lowest BCUT2D eigenvalue weighted by molar-refractivity contribution is 0.430. The molecule has 0 saturated heterocycles. The van der Waals surface area contributed by atoms with Crippen molar-refractivity contribution < 1.29 is 12.9 Å². The van der Waals surface area contributed by atoms with Crippen molar-refractivity contribution in [1.82, 2.24) is 15.4 Å². The molecule has 0 fully saturated rings. The molecule has 7 nitrogen and oxygen atoms in total. The summed E-state index contributed by atoms with van der Waals surface area (Å²) >= 11 is 0. The number of nitrogens with zero attached hydrogens (tertiary/aromatic N) is 2. The number of aromatic amines is 1. The minimum Gasteiger partial charge on any atom is -0.337 e. The van der Waals surface area contributed by atoms with E-state index in [0.29, 0.717) is 17.0 Å². The van der Waals surface area contributed by atoms with Crippen LogP contribution in [0.4, 0.5) is 5.88 Å². The quantitative estimate of drug-likeness (QED) is 0.857. The molecular formula is C9H12N4O3S. The van der Waals surface area contributed by atoms with Gasteiger partial charge in [0.15, 0.2) is 0 Å². The first-order valence-corrected chi connectivity index (χ1v) is 6.36. The first kappa shape index (κ1) is 11.6. The summed E-state index contributed by atoms with van der Waals surface area (Å²) in [7, 11) is -3.69. The normalized spacial score (nSPS) is 11.7. The molecule has 0 amide bonds. The topological polar surface area (TPSA) is 101 Å². The zero-order chi connectivity index (χ0) is 12.6. The molecule has 8 heteroatoms. The van der Waals surface area contributed by atoms with Crippen molar-refractivity contribution in [1.29, 1.82) is 0 Å². The fourth-order valence-corrected chi connectivity index (χ4v) is 2.48. The van der Waals surface area contributed by atoms with Gasteiger partial charge in [0, 0.05) is 5.56 Å². The highest BCUT2D eigenvalue weighted by atomic mass is 32.2. The molecule has 0 bridgehead atoms. The van der Waals surface area contributed by atoms with Gasteiger partial charge < -0.3 is 4.52 Å². The van der Waals surface area contributed by atoms with Gasteiger partial charge >= 0.3 is 0 Å². The predicted molar refractivity (Wildman–Crippen MR) is 60.1 cm³/mol. The third-order valence-electron chi connectivity index (χ3n) is 2.46. The van der Waals surface area contributed by atoms with E-state index in [4.69, 9.17) is 4.52 Å². The minimum atomic E-state index is -3.69. The average molecular weight is 256 g/mol. The molecule has 0 aliphatic carbocycles. The second-order valence-corrected chi connectivity index (χ2v) is 5.34. The number of aryl methyl sites for hydroxylation is 2. The molecule has 0 atom stereocenters. The van der Waals surface area contributed by atoms with E-state index in [9.17, 15) is 8.42 Å². The Kier molecular flexibility index (Phi) is 2.66. The number of nitrogens with one attached hydrogen (secondary N) is 2. The summed E-state index contributed by atoms with van der Waals surface area (Å²) < 4.78 is 31.2. The molecule has 0 radical (unpaired) electrons. The maximum absolute atomic E-state index is 12.0. The summed E-state index contributed by atoms with van der Waals surface area (Å²) in [6.07, 6.45) is 1.25. The van der Waals surface area contributed by atoms with E-state index in [1.165, 1.54) is 6.20 Å². The highest BCUT2D eigenvalue weighted by Gasteiger charge is 2.22. The Morgan fingerprint density at radius 1 is 1.35 bits per heavy atom. The molecule has 0 saturated carbocycles. The second kappa shape index (κ2) is 3.88. The van der Waals surface area contributed by atoms with E-state index in [-0.39, 0.29) is 10.8 Å². The van der Waals surface area contributed by atoms with Crippen LogP contribution in [0.1, 0.15) is 17.0 Å². The first-order chi connectivity index (χ1) is 7.92. The predicted octanol–water partition coefficient (Wildman–Crippen LogP) is 1.12. The fourth-order valence-electron chi connectivity index (χ4n) is 1.30.